The topological polar surface area (TPSA) is 29.3 Å². The SMILES string of the molecule is CC(N)C1CCN(CCc2cccs2)C1. The molecule has 84 valence electrons. The molecule has 3 heteroatoms. The third kappa shape index (κ3) is 3.03. The van der Waals surface area contributed by atoms with Gasteiger partial charge in [0.15, 0.2) is 0 Å². The molecule has 1 aliphatic heterocycles. The van der Waals surface area contributed by atoms with Crippen LogP contribution in [0.15, 0.2) is 17.5 Å². The maximum absolute atomic E-state index is 5.93. The molecule has 0 spiro atoms. The van der Waals surface area contributed by atoms with Gasteiger partial charge in [-0.15, -0.1) is 11.3 Å². The molecule has 2 nitrogen and oxygen atoms in total. The molecule has 0 saturated carbocycles. The van der Waals surface area contributed by atoms with E-state index in [-0.39, 0.29) is 0 Å². The van der Waals surface area contributed by atoms with Gasteiger partial charge in [-0.3, -0.25) is 0 Å². The van der Waals surface area contributed by atoms with Gasteiger partial charge in [-0.25, -0.2) is 0 Å². The number of hydrogen-bond donors (Lipinski definition) is 1. The van der Waals surface area contributed by atoms with Crippen LogP contribution in [0, 0.1) is 5.92 Å². The van der Waals surface area contributed by atoms with Crippen molar-refractivity contribution in [2.45, 2.75) is 25.8 Å². The zero-order valence-electron chi connectivity index (χ0n) is 9.36. The summed E-state index contributed by atoms with van der Waals surface area (Å²) < 4.78 is 0. The average molecular weight is 224 g/mol. The number of hydrogen-bond acceptors (Lipinski definition) is 3. The van der Waals surface area contributed by atoms with Gasteiger partial charge >= 0.3 is 0 Å². The Morgan fingerprint density at radius 3 is 3.13 bits per heavy atom. The minimum Gasteiger partial charge on any atom is -0.328 e. The molecule has 2 N–H and O–H groups in total. The third-order valence-electron chi connectivity index (χ3n) is 3.31. The van der Waals surface area contributed by atoms with Crippen molar-refractivity contribution in [2.24, 2.45) is 11.7 Å². The zero-order valence-corrected chi connectivity index (χ0v) is 10.2. The predicted molar refractivity (Wildman–Crippen MR) is 66.2 cm³/mol. The van der Waals surface area contributed by atoms with E-state index in [1.54, 1.807) is 0 Å². The summed E-state index contributed by atoms with van der Waals surface area (Å²) in [5, 5.41) is 2.16. The standard InChI is InChI=1S/C12H20N2S/c1-10(13)11-4-6-14(9-11)7-5-12-3-2-8-15-12/h2-3,8,10-11H,4-7,9,13H2,1H3. The fourth-order valence-electron chi connectivity index (χ4n) is 2.22. The molecular formula is C12H20N2S. The van der Waals surface area contributed by atoms with E-state index < -0.39 is 0 Å². The summed E-state index contributed by atoms with van der Waals surface area (Å²) in [4.78, 5) is 4.05. The summed E-state index contributed by atoms with van der Waals surface area (Å²) in [6, 6.07) is 4.72. The van der Waals surface area contributed by atoms with E-state index in [1.807, 2.05) is 11.3 Å². The number of likely N-dealkylation sites (tertiary alicyclic amines) is 1. The summed E-state index contributed by atoms with van der Waals surface area (Å²) in [6.45, 7) is 5.76. The van der Waals surface area contributed by atoms with Crippen molar-refractivity contribution in [3.63, 3.8) is 0 Å². The molecule has 1 saturated heterocycles. The number of nitrogens with two attached hydrogens (primary N) is 1. The van der Waals surface area contributed by atoms with E-state index >= 15 is 0 Å². The molecule has 0 aliphatic carbocycles. The Balaban J connectivity index is 1.73. The lowest BCUT2D eigenvalue weighted by Gasteiger charge is -2.17. The number of rotatable bonds is 4. The van der Waals surface area contributed by atoms with E-state index in [4.69, 9.17) is 5.73 Å². The van der Waals surface area contributed by atoms with Crippen molar-refractivity contribution < 1.29 is 0 Å². The molecule has 1 aliphatic rings. The molecule has 2 unspecified atom stereocenters. The summed E-state index contributed by atoms with van der Waals surface area (Å²) >= 11 is 1.86. The van der Waals surface area contributed by atoms with Gasteiger partial charge in [-0.05, 0) is 43.7 Å². The van der Waals surface area contributed by atoms with Gasteiger partial charge in [0.2, 0.25) is 0 Å². The van der Waals surface area contributed by atoms with E-state index in [9.17, 15) is 0 Å². The Kier molecular flexibility index (Phi) is 3.78. The molecule has 1 aromatic rings. The van der Waals surface area contributed by atoms with Gasteiger partial charge in [0.05, 0.1) is 0 Å². The van der Waals surface area contributed by atoms with Crippen molar-refractivity contribution in [1.29, 1.82) is 0 Å². The monoisotopic (exact) mass is 224 g/mol. The largest absolute Gasteiger partial charge is 0.328 e. The molecule has 1 fully saturated rings. The van der Waals surface area contributed by atoms with Gasteiger partial charge in [-0.2, -0.15) is 0 Å². The molecular weight excluding hydrogens is 204 g/mol. The van der Waals surface area contributed by atoms with Crippen LogP contribution in [0.25, 0.3) is 0 Å². The van der Waals surface area contributed by atoms with Crippen LogP contribution in [0.3, 0.4) is 0 Å². The van der Waals surface area contributed by atoms with Crippen LogP contribution in [0.5, 0.6) is 0 Å². The summed E-state index contributed by atoms with van der Waals surface area (Å²) in [6.07, 6.45) is 2.48. The maximum Gasteiger partial charge on any atom is 0.00579 e. The number of nitrogens with zero attached hydrogens (tertiary/aromatic N) is 1. The predicted octanol–water partition coefficient (Wildman–Crippen LogP) is 1.96. The van der Waals surface area contributed by atoms with Crippen LogP contribution in [-0.2, 0) is 6.42 Å². The minimum atomic E-state index is 0.358. The lowest BCUT2D eigenvalue weighted by Crippen LogP contribution is -2.30. The normalized spacial score (nSPS) is 24.5. The van der Waals surface area contributed by atoms with Crippen LogP contribution in [0.2, 0.25) is 0 Å². The van der Waals surface area contributed by atoms with Gasteiger partial charge in [-0.1, -0.05) is 6.07 Å². The first kappa shape index (κ1) is 11.1. The Morgan fingerprint density at radius 1 is 1.67 bits per heavy atom. The molecule has 0 radical (unpaired) electrons. The highest BCUT2D eigenvalue weighted by Gasteiger charge is 2.24. The second-order valence-corrected chi connectivity index (χ2v) is 5.57. The van der Waals surface area contributed by atoms with Crippen molar-refractivity contribution in [1.82, 2.24) is 4.90 Å². The van der Waals surface area contributed by atoms with E-state index in [2.05, 4.69) is 29.3 Å². The smallest absolute Gasteiger partial charge is 0.00579 e. The first-order valence-corrected chi connectivity index (χ1v) is 6.64. The minimum absolute atomic E-state index is 0.358. The molecule has 2 atom stereocenters. The highest BCUT2D eigenvalue weighted by Crippen LogP contribution is 2.19. The first-order chi connectivity index (χ1) is 7.25. The maximum atomic E-state index is 5.93. The van der Waals surface area contributed by atoms with Crippen LogP contribution in [-0.4, -0.2) is 30.6 Å². The Hall–Kier alpha value is -0.380. The van der Waals surface area contributed by atoms with E-state index in [0.29, 0.717) is 12.0 Å². The Labute approximate surface area is 96.1 Å². The van der Waals surface area contributed by atoms with E-state index in [1.165, 1.54) is 37.4 Å². The lowest BCUT2D eigenvalue weighted by atomic mass is 10.0. The van der Waals surface area contributed by atoms with Gasteiger partial charge < -0.3 is 10.6 Å². The molecule has 0 aromatic carbocycles. The molecule has 15 heavy (non-hydrogen) atoms. The highest BCUT2D eigenvalue weighted by molar-refractivity contribution is 7.09. The van der Waals surface area contributed by atoms with Gasteiger partial charge in [0.1, 0.15) is 0 Å². The quantitative estimate of drug-likeness (QED) is 0.847. The Bertz CT molecular complexity index is 282. The van der Waals surface area contributed by atoms with Gasteiger partial charge in [0, 0.05) is 24.0 Å². The average Bonchev–Trinajstić information content (AvgIpc) is 2.86. The van der Waals surface area contributed by atoms with Crippen LogP contribution >= 0.6 is 11.3 Å². The van der Waals surface area contributed by atoms with Crippen molar-refractivity contribution >= 4 is 11.3 Å². The number of thiophene rings is 1. The van der Waals surface area contributed by atoms with Crippen LogP contribution in [0.4, 0.5) is 0 Å². The molecule has 0 amide bonds. The fraction of sp³-hybridized carbons (Fsp3) is 0.667. The second-order valence-electron chi connectivity index (χ2n) is 4.54. The van der Waals surface area contributed by atoms with Crippen molar-refractivity contribution in [2.75, 3.05) is 19.6 Å². The van der Waals surface area contributed by atoms with Crippen LogP contribution in [0.1, 0.15) is 18.2 Å². The molecule has 2 rings (SSSR count). The molecule has 2 heterocycles. The fourth-order valence-corrected chi connectivity index (χ4v) is 2.92. The lowest BCUT2D eigenvalue weighted by molar-refractivity contribution is 0.320. The summed E-state index contributed by atoms with van der Waals surface area (Å²) in [5.74, 6) is 0.716. The van der Waals surface area contributed by atoms with Gasteiger partial charge in [0.25, 0.3) is 0 Å². The first-order valence-electron chi connectivity index (χ1n) is 5.76. The second kappa shape index (κ2) is 5.10. The summed E-state index contributed by atoms with van der Waals surface area (Å²) in [5.41, 5.74) is 5.93. The van der Waals surface area contributed by atoms with E-state index in [0.717, 1.165) is 0 Å². The summed E-state index contributed by atoms with van der Waals surface area (Å²) in [7, 11) is 0. The van der Waals surface area contributed by atoms with Crippen molar-refractivity contribution in [3.05, 3.63) is 22.4 Å². The van der Waals surface area contributed by atoms with Crippen LogP contribution < -0.4 is 5.73 Å². The highest BCUT2D eigenvalue weighted by atomic mass is 32.1. The van der Waals surface area contributed by atoms with Crippen molar-refractivity contribution in [3.8, 4) is 0 Å². The molecule has 0 bridgehead atoms. The molecule has 1 aromatic heterocycles. The Morgan fingerprint density at radius 2 is 2.53 bits per heavy atom. The third-order valence-corrected chi connectivity index (χ3v) is 4.24. The zero-order chi connectivity index (χ0) is 10.7.